The van der Waals surface area contributed by atoms with Crippen molar-refractivity contribution in [1.29, 1.82) is 0 Å². The Morgan fingerprint density at radius 2 is 1.95 bits per heavy atom. The van der Waals surface area contributed by atoms with Crippen molar-refractivity contribution in [3.8, 4) is 5.75 Å². The molecular formula is C17H15NO3. The maximum atomic E-state index is 12.6. The Labute approximate surface area is 122 Å². The molecule has 0 spiro atoms. The molecule has 0 N–H and O–H groups in total. The van der Waals surface area contributed by atoms with Crippen molar-refractivity contribution in [1.82, 2.24) is 0 Å². The molecule has 4 heteroatoms. The van der Waals surface area contributed by atoms with Crippen LogP contribution >= 0.6 is 0 Å². The molecule has 0 fully saturated rings. The largest absolute Gasteiger partial charge is 0.619 e. The van der Waals surface area contributed by atoms with Crippen LogP contribution < -0.4 is 9.47 Å². The fourth-order valence-electron chi connectivity index (χ4n) is 2.53. The van der Waals surface area contributed by atoms with Crippen molar-refractivity contribution < 1.29 is 14.3 Å². The molecule has 0 saturated carbocycles. The smallest absolute Gasteiger partial charge is 0.189 e. The first-order valence-electron chi connectivity index (χ1n) is 6.78. The summed E-state index contributed by atoms with van der Waals surface area (Å²) in [6, 6.07) is 9.03. The highest BCUT2D eigenvalue weighted by Crippen LogP contribution is 2.29. The molecule has 106 valence electrons. The quantitative estimate of drug-likeness (QED) is 0.483. The second-order valence-electron chi connectivity index (χ2n) is 5.01. The SMILES string of the molecule is COc1ccc2c(c1)C(=O)/C(=C/c1cc[n+]([O-])cc1)CC2. The molecule has 0 aliphatic heterocycles. The van der Waals surface area contributed by atoms with E-state index in [4.69, 9.17) is 4.74 Å². The van der Waals surface area contributed by atoms with Gasteiger partial charge in [-0.3, -0.25) is 4.79 Å². The van der Waals surface area contributed by atoms with Gasteiger partial charge in [-0.2, -0.15) is 4.73 Å². The summed E-state index contributed by atoms with van der Waals surface area (Å²) in [5, 5.41) is 11.0. The molecule has 2 aromatic rings. The van der Waals surface area contributed by atoms with E-state index in [1.807, 2.05) is 18.2 Å². The molecule has 1 aliphatic carbocycles. The highest BCUT2D eigenvalue weighted by atomic mass is 16.5. The maximum Gasteiger partial charge on any atom is 0.189 e. The van der Waals surface area contributed by atoms with E-state index in [-0.39, 0.29) is 5.78 Å². The Morgan fingerprint density at radius 3 is 2.67 bits per heavy atom. The molecule has 0 unspecified atom stereocenters. The first-order chi connectivity index (χ1) is 10.2. The van der Waals surface area contributed by atoms with Crippen LogP contribution in [0.4, 0.5) is 0 Å². The van der Waals surface area contributed by atoms with Crippen molar-refractivity contribution in [2.24, 2.45) is 0 Å². The van der Waals surface area contributed by atoms with E-state index < -0.39 is 0 Å². The number of aromatic nitrogens is 1. The van der Waals surface area contributed by atoms with Crippen molar-refractivity contribution in [2.75, 3.05) is 7.11 Å². The van der Waals surface area contributed by atoms with Gasteiger partial charge >= 0.3 is 0 Å². The number of carbonyl (C=O) groups excluding carboxylic acids is 1. The molecular weight excluding hydrogens is 266 g/mol. The summed E-state index contributed by atoms with van der Waals surface area (Å²) >= 11 is 0. The number of methoxy groups -OCH3 is 1. The van der Waals surface area contributed by atoms with E-state index in [1.165, 1.54) is 12.4 Å². The predicted octanol–water partition coefficient (Wildman–Crippen LogP) is 2.54. The Bertz CT molecular complexity index is 717. The minimum atomic E-state index is 0.0361. The molecule has 3 rings (SSSR count). The van der Waals surface area contributed by atoms with E-state index in [9.17, 15) is 10.0 Å². The average molecular weight is 281 g/mol. The number of benzene rings is 1. The summed E-state index contributed by atoms with van der Waals surface area (Å²) in [6.45, 7) is 0. The van der Waals surface area contributed by atoms with E-state index in [1.54, 1.807) is 25.3 Å². The highest BCUT2D eigenvalue weighted by molar-refractivity contribution is 6.13. The Morgan fingerprint density at radius 1 is 1.19 bits per heavy atom. The molecule has 1 aliphatic rings. The average Bonchev–Trinajstić information content (AvgIpc) is 2.52. The second-order valence-corrected chi connectivity index (χ2v) is 5.01. The zero-order valence-electron chi connectivity index (χ0n) is 11.7. The van der Waals surface area contributed by atoms with Crippen molar-refractivity contribution in [2.45, 2.75) is 12.8 Å². The fourth-order valence-corrected chi connectivity index (χ4v) is 2.53. The number of allylic oxidation sites excluding steroid dienone is 1. The van der Waals surface area contributed by atoms with Crippen molar-refractivity contribution in [3.05, 3.63) is 70.2 Å². The van der Waals surface area contributed by atoms with Crippen LogP contribution in [0.3, 0.4) is 0 Å². The lowest BCUT2D eigenvalue weighted by Gasteiger charge is -2.18. The third kappa shape index (κ3) is 2.65. The fraction of sp³-hybridized carbons (Fsp3) is 0.176. The minimum Gasteiger partial charge on any atom is -0.619 e. The number of ketones is 1. The first-order valence-corrected chi connectivity index (χ1v) is 6.78. The van der Waals surface area contributed by atoms with Gasteiger partial charge in [0, 0.05) is 23.3 Å². The number of carbonyl (C=O) groups is 1. The number of Topliss-reactive ketones (excluding diaryl/α,β-unsaturated/α-hetero) is 1. The summed E-state index contributed by atoms with van der Waals surface area (Å²) in [7, 11) is 1.59. The number of rotatable bonds is 2. The number of aryl methyl sites for hydroxylation is 1. The number of hydrogen-bond acceptors (Lipinski definition) is 3. The van der Waals surface area contributed by atoms with Crippen LogP contribution in [0.15, 0.2) is 48.3 Å². The van der Waals surface area contributed by atoms with Gasteiger partial charge in [-0.15, -0.1) is 0 Å². The van der Waals surface area contributed by atoms with E-state index >= 15 is 0 Å². The summed E-state index contributed by atoms with van der Waals surface area (Å²) in [5.41, 5.74) is 3.39. The van der Waals surface area contributed by atoms with Gasteiger partial charge in [-0.1, -0.05) is 6.07 Å². The standard InChI is InChI=1S/C17H15NO3/c1-21-15-5-4-13-2-3-14(17(19)16(13)11-15)10-12-6-8-18(20)9-7-12/h4-11H,2-3H2,1H3/b14-10+. The predicted molar refractivity (Wildman–Crippen MR) is 79.0 cm³/mol. The topological polar surface area (TPSA) is 53.2 Å². The van der Waals surface area contributed by atoms with Gasteiger partial charge in [-0.05, 0) is 42.2 Å². The van der Waals surface area contributed by atoms with Gasteiger partial charge in [0.15, 0.2) is 18.2 Å². The van der Waals surface area contributed by atoms with Crippen LogP contribution in [0.25, 0.3) is 6.08 Å². The lowest BCUT2D eigenvalue weighted by molar-refractivity contribution is -0.605. The Balaban J connectivity index is 1.96. The highest BCUT2D eigenvalue weighted by Gasteiger charge is 2.22. The van der Waals surface area contributed by atoms with E-state index in [2.05, 4.69) is 0 Å². The minimum absolute atomic E-state index is 0.0361. The monoisotopic (exact) mass is 281 g/mol. The van der Waals surface area contributed by atoms with Gasteiger partial charge in [0.1, 0.15) is 5.75 Å². The molecule has 1 aromatic heterocycles. The van der Waals surface area contributed by atoms with Crippen LogP contribution in [0, 0.1) is 5.21 Å². The number of ether oxygens (including phenoxy) is 1. The third-order valence-corrected chi connectivity index (χ3v) is 3.69. The molecule has 0 bridgehead atoms. The molecule has 0 radical (unpaired) electrons. The summed E-state index contributed by atoms with van der Waals surface area (Å²) in [5.74, 6) is 0.726. The normalized spacial score (nSPS) is 15.9. The molecule has 1 heterocycles. The lowest BCUT2D eigenvalue weighted by atomic mass is 9.86. The van der Waals surface area contributed by atoms with Crippen LogP contribution in [0.5, 0.6) is 5.75 Å². The molecule has 4 nitrogen and oxygen atoms in total. The van der Waals surface area contributed by atoms with Crippen LogP contribution in [0.2, 0.25) is 0 Å². The van der Waals surface area contributed by atoms with Crippen LogP contribution in [0.1, 0.15) is 27.9 Å². The zero-order chi connectivity index (χ0) is 14.8. The number of fused-ring (bicyclic) bond motifs is 1. The maximum absolute atomic E-state index is 12.6. The Hall–Kier alpha value is -2.62. The van der Waals surface area contributed by atoms with Crippen molar-refractivity contribution in [3.63, 3.8) is 0 Å². The van der Waals surface area contributed by atoms with Gasteiger partial charge in [0.05, 0.1) is 7.11 Å². The number of pyridine rings is 1. The van der Waals surface area contributed by atoms with Gasteiger partial charge in [0.2, 0.25) is 0 Å². The van der Waals surface area contributed by atoms with E-state index in [0.717, 1.165) is 27.9 Å². The summed E-state index contributed by atoms with van der Waals surface area (Å²) in [6.07, 6.45) is 6.26. The van der Waals surface area contributed by atoms with Gasteiger partial charge in [0.25, 0.3) is 0 Å². The first kappa shape index (κ1) is 13.4. The zero-order valence-corrected chi connectivity index (χ0v) is 11.7. The molecule has 1 aromatic carbocycles. The van der Waals surface area contributed by atoms with Crippen molar-refractivity contribution >= 4 is 11.9 Å². The van der Waals surface area contributed by atoms with E-state index in [0.29, 0.717) is 17.7 Å². The molecule has 21 heavy (non-hydrogen) atoms. The second kappa shape index (κ2) is 5.40. The molecule has 0 atom stereocenters. The summed E-state index contributed by atoms with van der Waals surface area (Å²) in [4.78, 5) is 12.6. The van der Waals surface area contributed by atoms with Gasteiger partial charge in [-0.25, -0.2) is 0 Å². The summed E-state index contributed by atoms with van der Waals surface area (Å²) < 4.78 is 5.91. The molecule has 0 saturated heterocycles. The lowest BCUT2D eigenvalue weighted by Crippen LogP contribution is -2.23. The molecule has 0 amide bonds. The van der Waals surface area contributed by atoms with Crippen LogP contribution in [-0.4, -0.2) is 12.9 Å². The van der Waals surface area contributed by atoms with Crippen LogP contribution in [-0.2, 0) is 6.42 Å². The van der Waals surface area contributed by atoms with Gasteiger partial charge < -0.3 is 9.94 Å². The Kier molecular flexibility index (Phi) is 3.44. The number of nitrogens with zero attached hydrogens (tertiary/aromatic N) is 1. The third-order valence-electron chi connectivity index (χ3n) is 3.69. The number of hydrogen-bond donors (Lipinski definition) is 0.